The average molecular weight is 899 g/mol. The van der Waals surface area contributed by atoms with Gasteiger partial charge in [0.25, 0.3) is 0 Å². The molecule has 0 aromatic rings. The molecule has 0 aliphatic carbocycles. The number of carbonyl (C=O) groups is 3. The second kappa shape index (κ2) is 52.4. The first kappa shape index (κ1) is 60.8. The van der Waals surface area contributed by atoms with Crippen molar-refractivity contribution in [3.05, 3.63) is 122 Å². The zero-order valence-corrected chi connectivity index (χ0v) is 41.7. The molecule has 1 unspecified atom stereocenters. The largest absolute Gasteiger partial charge is 0.462 e. The highest BCUT2D eigenvalue weighted by molar-refractivity contribution is 5.71. The van der Waals surface area contributed by atoms with Crippen LogP contribution in [-0.4, -0.2) is 37.2 Å². The van der Waals surface area contributed by atoms with Crippen molar-refractivity contribution in [2.24, 2.45) is 0 Å². The minimum atomic E-state index is -0.805. The minimum Gasteiger partial charge on any atom is -0.462 e. The molecule has 0 aliphatic rings. The van der Waals surface area contributed by atoms with E-state index in [4.69, 9.17) is 14.2 Å². The van der Waals surface area contributed by atoms with E-state index in [1.54, 1.807) is 0 Å². The third kappa shape index (κ3) is 50.7. The number of carbonyl (C=O) groups excluding carboxylic acids is 3. The van der Waals surface area contributed by atoms with E-state index in [-0.39, 0.29) is 31.1 Å². The number of esters is 3. The molecule has 0 saturated heterocycles. The molecular formula is C59H94O6. The molecule has 1 atom stereocenters. The van der Waals surface area contributed by atoms with Crippen LogP contribution in [0.5, 0.6) is 0 Å². The zero-order chi connectivity index (χ0) is 47.2. The average Bonchev–Trinajstić information content (AvgIpc) is 3.30. The van der Waals surface area contributed by atoms with Gasteiger partial charge in [-0.3, -0.25) is 14.4 Å². The highest BCUT2D eigenvalue weighted by atomic mass is 16.6. The van der Waals surface area contributed by atoms with E-state index in [0.29, 0.717) is 19.3 Å². The molecule has 0 aromatic heterocycles. The summed E-state index contributed by atoms with van der Waals surface area (Å²) in [5.41, 5.74) is 0. The van der Waals surface area contributed by atoms with Crippen molar-refractivity contribution < 1.29 is 28.6 Å². The summed E-state index contributed by atoms with van der Waals surface area (Å²) >= 11 is 0. The molecular weight excluding hydrogens is 805 g/mol. The molecule has 0 aromatic carbocycles. The van der Waals surface area contributed by atoms with Crippen molar-refractivity contribution in [2.75, 3.05) is 13.2 Å². The molecule has 0 aliphatic heterocycles. The maximum atomic E-state index is 12.8. The Morgan fingerprint density at radius 2 is 0.600 bits per heavy atom. The summed E-state index contributed by atoms with van der Waals surface area (Å²) in [6, 6.07) is 0. The van der Waals surface area contributed by atoms with Crippen LogP contribution in [0.15, 0.2) is 122 Å². The first-order valence-electron chi connectivity index (χ1n) is 26.2. The fourth-order valence-electron chi connectivity index (χ4n) is 6.84. The second-order valence-electron chi connectivity index (χ2n) is 16.9. The van der Waals surface area contributed by atoms with Crippen LogP contribution in [0.2, 0.25) is 0 Å². The standard InChI is InChI=1S/C59H94O6/c1-4-7-10-13-16-19-22-25-27-28-29-30-32-34-37-40-43-46-49-52-58(61)64-55-56(54-63-57(60)51-48-45-42-39-36-33-24-21-18-15-12-9-6-3)65-59(62)53-50-47-44-41-38-35-31-26-23-20-17-14-11-8-5-2/h7-8,10-11,13-14,16-17,19-20,22-23,25,27-30,32,34,37,56H,4-6,9,12,15,18,21,24,26,31,33,35-36,38-55H2,1-3H3/b10-7-,11-8-,16-13-,17-14-,22-19-,23-20-,27-25-,29-28+,32-30-,37-34-. The fraction of sp³-hybridized carbons (Fsp3) is 0.610. The van der Waals surface area contributed by atoms with Crippen LogP contribution in [0.1, 0.15) is 213 Å². The van der Waals surface area contributed by atoms with Gasteiger partial charge in [-0.25, -0.2) is 0 Å². The Bertz CT molecular complexity index is 1400. The summed E-state index contributed by atoms with van der Waals surface area (Å²) in [5, 5.41) is 0. The second-order valence-corrected chi connectivity index (χ2v) is 16.9. The van der Waals surface area contributed by atoms with Gasteiger partial charge in [0, 0.05) is 19.3 Å². The van der Waals surface area contributed by atoms with Crippen molar-refractivity contribution in [3.63, 3.8) is 0 Å². The van der Waals surface area contributed by atoms with E-state index >= 15 is 0 Å². The van der Waals surface area contributed by atoms with E-state index in [1.165, 1.54) is 83.5 Å². The summed E-state index contributed by atoms with van der Waals surface area (Å²) in [4.78, 5) is 38.0. The summed E-state index contributed by atoms with van der Waals surface area (Å²) < 4.78 is 16.8. The van der Waals surface area contributed by atoms with Crippen molar-refractivity contribution in [2.45, 2.75) is 219 Å². The Labute approximate surface area is 399 Å². The van der Waals surface area contributed by atoms with E-state index in [1.807, 2.05) is 72.9 Å². The SMILES string of the molecule is CC\C=C/C=C\C=C/C=C\C=C\C=C/C=C\CCCCCC(=O)OCC(COC(=O)CCCCCCCCCCCCCCC)OC(=O)CCCCCCCCC\C=C/C=C\C=C/CC. The molecule has 0 heterocycles. The minimum absolute atomic E-state index is 0.0997. The first-order chi connectivity index (χ1) is 32.0. The summed E-state index contributed by atoms with van der Waals surface area (Å²) in [6.07, 6.45) is 71.7. The predicted molar refractivity (Wildman–Crippen MR) is 279 cm³/mol. The fourth-order valence-corrected chi connectivity index (χ4v) is 6.84. The molecule has 0 rings (SSSR count). The third-order valence-corrected chi connectivity index (χ3v) is 10.7. The molecule has 0 radical (unpaired) electrons. The van der Waals surface area contributed by atoms with Gasteiger partial charge in [-0.1, -0.05) is 258 Å². The molecule has 6 heteroatoms. The number of rotatable bonds is 45. The molecule has 0 spiro atoms. The molecule has 0 bridgehead atoms. The topological polar surface area (TPSA) is 78.9 Å². The van der Waals surface area contributed by atoms with Crippen LogP contribution >= 0.6 is 0 Å². The molecule has 366 valence electrons. The zero-order valence-electron chi connectivity index (χ0n) is 41.7. The lowest BCUT2D eigenvalue weighted by Gasteiger charge is -2.18. The Morgan fingerprint density at radius 3 is 0.954 bits per heavy atom. The number of hydrogen-bond donors (Lipinski definition) is 0. The van der Waals surface area contributed by atoms with Crippen molar-refractivity contribution >= 4 is 17.9 Å². The van der Waals surface area contributed by atoms with Crippen LogP contribution in [-0.2, 0) is 28.6 Å². The van der Waals surface area contributed by atoms with Crippen molar-refractivity contribution in [1.29, 1.82) is 0 Å². The third-order valence-electron chi connectivity index (χ3n) is 10.7. The first-order valence-corrected chi connectivity index (χ1v) is 26.2. The van der Waals surface area contributed by atoms with Gasteiger partial charge in [-0.05, 0) is 57.8 Å². The van der Waals surface area contributed by atoms with Crippen LogP contribution in [0, 0.1) is 0 Å². The Morgan fingerprint density at radius 1 is 0.323 bits per heavy atom. The molecule has 0 fully saturated rings. The molecule has 65 heavy (non-hydrogen) atoms. The number of allylic oxidation sites excluding steroid dienone is 20. The van der Waals surface area contributed by atoms with Gasteiger partial charge in [0.15, 0.2) is 6.10 Å². The maximum Gasteiger partial charge on any atom is 0.306 e. The van der Waals surface area contributed by atoms with Gasteiger partial charge >= 0.3 is 17.9 Å². The number of ether oxygens (including phenoxy) is 3. The van der Waals surface area contributed by atoms with Crippen LogP contribution in [0.3, 0.4) is 0 Å². The lowest BCUT2D eigenvalue weighted by atomic mass is 10.0. The van der Waals surface area contributed by atoms with Crippen LogP contribution in [0.4, 0.5) is 0 Å². The summed E-state index contributed by atoms with van der Waals surface area (Å²) in [6.45, 7) is 6.30. The summed E-state index contributed by atoms with van der Waals surface area (Å²) in [5.74, 6) is -0.963. The van der Waals surface area contributed by atoms with Gasteiger partial charge in [-0.15, -0.1) is 0 Å². The number of hydrogen-bond acceptors (Lipinski definition) is 6. The van der Waals surface area contributed by atoms with E-state index < -0.39 is 6.10 Å². The molecule has 0 saturated carbocycles. The van der Waals surface area contributed by atoms with Crippen LogP contribution in [0.25, 0.3) is 0 Å². The quantitative estimate of drug-likeness (QED) is 0.0262. The van der Waals surface area contributed by atoms with Crippen molar-refractivity contribution in [1.82, 2.24) is 0 Å². The van der Waals surface area contributed by atoms with Gasteiger partial charge in [-0.2, -0.15) is 0 Å². The van der Waals surface area contributed by atoms with Gasteiger partial charge in [0.2, 0.25) is 0 Å². The maximum absolute atomic E-state index is 12.8. The number of unbranched alkanes of at least 4 members (excludes halogenated alkanes) is 22. The molecule has 6 nitrogen and oxygen atoms in total. The van der Waals surface area contributed by atoms with E-state index in [9.17, 15) is 14.4 Å². The molecule has 0 amide bonds. The monoisotopic (exact) mass is 899 g/mol. The van der Waals surface area contributed by atoms with E-state index in [2.05, 4.69) is 69.4 Å². The predicted octanol–water partition coefficient (Wildman–Crippen LogP) is 17.3. The Kier molecular flexibility index (Phi) is 49.1. The smallest absolute Gasteiger partial charge is 0.306 e. The van der Waals surface area contributed by atoms with Gasteiger partial charge in [0.05, 0.1) is 0 Å². The Hall–Kier alpha value is -4.19. The van der Waals surface area contributed by atoms with Crippen LogP contribution < -0.4 is 0 Å². The Balaban J connectivity index is 4.52. The van der Waals surface area contributed by atoms with Gasteiger partial charge in [0.1, 0.15) is 13.2 Å². The highest BCUT2D eigenvalue weighted by Crippen LogP contribution is 2.15. The molecule has 0 N–H and O–H groups in total. The lowest BCUT2D eigenvalue weighted by molar-refractivity contribution is -0.167. The lowest BCUT2D eigenvalue weighted by Crippen LogP contribution is -2.30. The van der Waals surface area contributed by atoms with E-state index in [0.717, 1.165) is 89.9 Å². The highest BCUT2D eigenvalue weighted by Gasteiger charge is 2.19. The normalized spacial score (nSPS) is 13.1. The summed E-state index contributed by atoms with van der Waals surface area (Å²) in [7, 11) is 0. The van der Waals surface area contributed by atoms with Crippen molar-refractivity contribution in [3.8, 4) is 0 Å². The van der Waals surface area contributed by atoms with Gasteiger partial charge < -0.3 is 14.2 Å².